The molecule has 3 aromatic rings. The Morgan fingerprint density at radius 3 is 2.53 bits per heavy atom. The van der Waals surface area contributed by atoms with Gasteiger partial charge in [0.2, 0.25) is 0 Å². The number of nitrogens with zero attached hydrogens (tertiary/aromatic N) is 1. The Labute approximate surface area is 187 Å². The van der Waals surface area contributed by atoms with E-state index in [9.17, 15) is 9.59 Å². The zero-order valence-electron chi connectivity index (χ0n) is 18.2. The molecule has 2 amide bonds. The predicted molar refractivity (Wildman–Crippen MR) is 125 cm³/mol. The van der Waals surface area contributed by atoms with Gasteiger partial charge in [0.15, 0.2) is 6.61 Å². The minimum Gasteiger partial charge on any atom is -0.497 e. The molecule has 0 heterocycles. The van der Waals surface area contributed by atoms with Crippen LogP contribution in [-0.4, -0.2) is 31.7 Å². The molecular weight excluding hydrogens is 406 g/mol. The molecule has 7 nitrogen and oxygen atoms in total. The minimum absolute atomic E-state index is 0.125. The van der Waals surface area contributed by atoms with E-state index >= 15 is 0 Å². The summed E-state index contributed by atoms with van der Waals surface area (Å²) in [4.78, 5) is 24.4. The van der Waals surface area contributed by atoms with E-state index in [-0.39, 0.29) is 18.4 Å². The van der Waals surface area contributed by atoms with E-state index in [1.807, 2.05) is 38.1 Å². The first kappa shape index (κ1) is 22.6. The number of ether oxygens (including phenoxy) is 2. The van der Waals surface area contributed by atoms with Crippen molar-refractivity contribution in [1.29, 1.82) is 0 Å². The standard InChI is InChI=1S/C25H25N3O4/c1-17-10-11-23(18(2)12-17)27-24(29)16-32-22-9-4-6-19(13-22)15-26-28-25(30)20-7-5-8-21(14-20)31-3/h4-15H,16H2,1-3H3,(H,27,29)(H,28,30)/b26-15+. The maximum Gasteiger partial charge on any atom is 0.271 e. The number of hydrogen-bond donors (Lipinski definition) is 2. The van der Waals surface area contributed by atoms with Gasteiger partial charge in [0.05, 0.1) is 13.3 Å². The first-order valence-corrected chi connectivity index (χ1v) is 10.0. The third-order valence-electron chi connectivity index (χ3n) is 4.60. The zero-order valence-corrected chi connectivity index (χ0v) is 18.2. The molecule has 0 bridgehead atoms. The van der Waals surface area contributed by atoms with Gasteiger partial charge in [-0.2, -0.15) is 5.10 Å². The fourth-order valence-corrected chi connectivity index (χ4v) is 2.97. The van der Waals surface area contributed by atoms with Crippen molar-refractivity contribution in [3.63, 3.8) is 0 Å². The van der Waals surface area contributed by atoms with E-state index in [2.05, 4.69) is 15.8 Å². The average molecular weight is 431 g/mol. The SMILES string of the molecule is COc1cccc(C(=O)N/N=C/c2cccc(OCC(=O)Nc3ccc(C)cc3C)c2)c1. The molecule has 0 unspecified atom stereocenters. The summed E-state index contributed by atoms with van der Waals surface area (Å²) in [6.07, 6.45) is 1.50. The molecule has 0 aliphatic rings. The van der Waals surface area contributed by atoms with Gasteiger partial charge in [0.25, 0.3) is 11.8 Å². The van der Waals surface area contributed by atoms with Crippen LogP contribution in [0, 0.1) is 13.8 Å². The third kappa shape index (κ3) is 6.43. The predicted octanol–water partition coefficient (Wildman–Crippen LogP) is 4.09. The van der Waals surface area contributed by atoms with E-state index in [0.717, 1.165) is 16.8 Å². The molecule has 0 atom stereocenters. The lowest BCUT2D eigenvalue weighted by Crippen LogP contribution is -2.20. The summed E-state index contributed by atoms with van der Waals surface area (Å²) in [5.41, 5.74) is 6.51. The van der Waals surface area contributed by atoms with Gasteiger partial charge >= 0.3 is 0 Å². The number of nitrogens with one attached hydrogen (secondary N) is 2. The first-order chi connectivity index (χ1) is 15.4. The quantitative estimate of drug-likeness (QED) is 0.415. The summed E-state index contributed by atoms with van der Waals surface area (Å²) in [7, 11) is 1.54. The smallest absolute Gasteiger partial charge is 0.271 e. The van der Waals surface area contributed by atoms with Crippen molar-refractivity contribution < 1.29 is 19.1 Å². The van der Waals surface area contributed by atoms with Gasteiger partial charge in [-0.15, -0.1) is 0 Å². The molecular formula is C25H25N3O4. The summed E-state index contributed by atoms with van der Waals surface area (Å²) in [5.74, 6) is 0.508. The Kier molecular flexibility index (Phi) is 7.59. The van der Waals surface area contributed by atoms with Crippen LogP contribution in [0.1, 0.15) is 27.0 Å². The van der Waals surface area contributed by atoms with E-state index < -0.39 is 0 Å². The Morgan fingerprint density at radius 2 is 1.75 bits per heavy atom. The Balaban J connectivity index is 1.53. The summed E-state index contributed by atoms with van der Waals surface area (Å²) >= 11 is 0. The maximum absolute atomic E-state index is 12.2. The lowest BCUT2D eigenvalue weighted by atomic mass is 10.1. The molecule has 0 aromatic heterocycles. The second kappa shape index (κ2) is 10.8. The van der Waals surface area contributed by atoms with Crippen LogP contribution in [0.2, 0.25) is 0 Å². The van der Waals surface area contributed by atoms with Crippen LogP contribution in [0.5, 0.6) is 11.5 Å². The molecule has 0 spiro atoms. The van der Waals surface area contributed by atoms with E-state index in [1.54, 1.807) is 42.5 Å². The molecule has 3 rings (SSSR count). The molecule has 0 radical (unpaired) electrons. The number of benzene rings is 3. The van der Waals surface area contributed by atoms with E-state index in [4.69, 9.17) is 9.47 Å². The normalized spacial score (nSPS) is 10.6. The maximum atomic E-state index is 12.2. The molecule has 7 heteroatoms. The molecule has 0 saturated heterocycles. The van der Waals surface area contributed by atoms with Crippen LogP contribution in [-0.2, 0) is 4.79 Å². The van der Waals surface area contributed by atoms with Crippen molar-refractivity contribution in [2.75, 3.05) is 19.0 Å². The number of carbonyl (C=O) groups excluding carboxylic acids is 2. The summed E-state index contributed by atoms with van der Waals surface area (Å²) < 4.78 is 10.7. The molecule has 164 valence electrons. The Morgan fingerprint density at radius 1 is 0.969 bits per heavy atom. The van der Waals surface area contributed by atoms with E-state index in [1.165, 1.54) is 13.3 Å². The molecule has 0 aliphatic heterocycles. The highest BCUT2D eigenvalue weighted by Gasteiger charge is 2.07. The van der Waals surface area contributed by atoms with Gasteiger partial charge < -0.3 is 14.8 Å². The van der Waals surface area contributed by atoms with Gasteiger partial charge in [0.1, 0.15) is 11.5 Å². The second-order valence-electron chi connectivity index (χ2n) is 7.16. The van der Waals surface area contributed by atoms with Crippen LogP contribution < -0.4 is 20.2 Å². The van der Waals surface area contributed by atoms with Crippen LogP contribution in [0.4, 0.5) is 5.69 Å². The lowest BCUT2D eigenvalue weighted by molar-refractivity contribution is -0.118. The van der Waals surface area contributed by atoms with Crippen molar-refractivity contribution >= 4 is 23.7 Å². The number of amides is 2. The highest BCUT2D eigenvalue weighted by atomic mass is 16.5. The average Bonchev–Trinajstić information content (AvgIpc) is 2.80. The Hall–Kier alpha value is -4.13. The van der Waals surface area contributed by atoms with Crippen LogP contribution >= 0.6 is 0 Å². The molecule has 0 aliphatic carbocycles. The summed E-state index contributed by atoms with van der Waals surface area (Å²) in [6.45, 7) is 3.82. The largest absolute Gasteiger partial charge is 0.497 e. The van der Waals surface area contributed by atoms with Crippen molar-refractivity contribution in [1.82, 2.24) is 5.43 Å². The van der Waals surface area contributed by atoms with Crippen molar-refractivity contribution in [2.45, 2.75) is 13.8 Å². The highest BCUT2D eigenvalue weighted by Crippen LogP contribution is 2.17. The third-order valence-corrected chi connectivity index (χ3v) is 4.60. The van der Waals surface area contributed by atoms with Crippen molar-refractivity contribution in [3.8, 4) is 11.5 Å². The van der Waals surface area contributed by atoms with Crippen molar-refractivity contribution in [2.24, 2.45) is 5.10 Å². The van der Waals surface area contributed by atoms with Crippen LogP contribution in [0.15, 0.2) is 71.8 Å². The van der Waals surface area contributed by atoms with Gasteiger partial charge in [-0.1, -0.05) is 35.9 Å². The Bertz CT molecular complexity index is 1140. The van der Waals surface area contributed by atoms with Crippen LogP contribution in [0.25, 0.3) is 0 Å². The molecule has 0 fully saturated rings. The fraction of sp³-hybridized carbons (Fsp3) is 0.160. The number of carbonyl (C=O) groups is 2. The molecule has 0 saturated carbocycles. The fourth-order valence-electron chi connectivity index (χ4n) is 2.97. The van der Waals surface area contributed by atoms with Gasteiger partial charge in [-0.3, -0.25) is 9.59 Å². The number of aryl methyl sites for hydroxylation is 2. The molecule has 32 heavy (non-hydrogen) atoms. The topological polar surface area (TPSA) is 89.0 Å². The summed E-state index contributed by atoms with van der Waals surface area (Å²) in [6, 6.07) is 19.7. The minimum atomic E-state index is -0.351. The van der Waals surface area contributed by atoms with E-state index in [0.29, 0.717) is 22.6 Å². The number of hydrazone groups is 1. The number of methoxy groups -OCH3 is 1. The number of anilines is 1. The van der Waals surface area contributed by atoms with Gasteiger partial charge in [0, 0.05) is 11.3 Å². The van der Waals surface area contributed by atoms with Crippen LogP contribution in [0.3, 0.4) is 0 Å². The molecule has 3 aromatic carbocycles. The monoisotopic (exact) mass is 431 g/mol. The first-order valence-electron chi connectivity index (χ1n) is 10.0. The molecule has 2 N–H and O–H groups in total. The van der Waals surface area contributed by atoms with Gasteiger partial charge in [-0.05, 0) is 61.4 Å². The second-order valence-corrected chi connectivity index (χ2v) is 7.16. The summed E-state index contributed by atoms with van der Waals surface area (Å²) in [5, 5.41) is 6.83. The lowest BCUT2D eigenvalue weighted by Gasteiger charge is -2.10. The zero-order chi connectivity index (χ0) is 22.9. The number of rotatable bonds is 8. The highest BCUT2D eigenvalue weighted by molar-refractivity contribution is 5.95. The van der Waals surface area contributed by atoms with Crippen molar-refractivity contribution in [3.05, 3.63) is 89.0 Å². The van der Waals surface area contributed by atoms with Gasteiger partial charge in [-0.25, -0.2) is 5.43 Å². The number of hydrogen-bond acceptors (Lipinski definition) is 5.